The molecule has 0 aliphatic rings. The number of rotatable bonds is 6. The Kier molecular flexibility index (Phi) is 5.36. The van der Waals surface area contributed by atoms with Gasteiger partial charge in [-0.2, -0.15) is 0 Å². The van der Waals surface area contributed by atoms with Crippen LogP contribution in [-0.4, -0.2) is 45.6 Å². The monoisotopic (exact) mass is 417 g/mol. The molecule has 2 aromatic carbocycles. The van der Waals surface area contributed by atoms with Crippen LogP contribution in [0.1, 0.15) is 32.0 Å². The predicted molar refractivity (Wildman–Crippen MR) is 113 cm³/mol. The minimum Gasteiger partial charge on any atom is -0.507 e. The van der Waals surface area contributed by atoms with Gasteiger partial charge in [0.1, 0.15) is 17.0 Å². The summed E-state index contributed by atoms with van der Waals surface area (Å²) in [6.07, 6.45) is 1.59. The summed E-state index contributed by atoms with van der Waals surface area (Å²) in [5, 5.41) is 10.1. The number of para-hydroxylation sites is 1. The van der Waals surface area contributed by atoms with Gasteiger partial charge in [0.05, 0.1) is 38.2 Å². The second-order valence-corrected chi connectivity index (χ2v) is 6.79. The third-order valence-electron chi connectivity index (χ3n) is 4.88. The lowest BCUT2D eigenvalue weighted by Gasteiger charge is -2.10. The molecule has 0 radical (unpaired) electrons. The average Bonchev–Trinajstić information content (AvgIpc) is 3.19. The van der Waals surface area contributed by atoms with Crippen LogP contribution in [-0.2, 0) is 11.3 Å². The number of fused-ring (bicyclic) bond motifs is 1. The highest BCUT2D eigenvalue weighted by atomic mass is 16.5. The summed E-state index contributed by atoms with van der Waals surface area (Å²) in [7, 11) is 2.82. The maximum atomic E-state index is 13.1. The summed E-state index contributed by atoms with van der Waals surface area (Å²) in [6, 6.07) is 15.1. The molecule has 8 nitrogen and oxygen atoms in total. The van der Waals surface area contributed by atoms with E-state index in [9.17, 15) is 14.7 Å². The van der Waals surface area contributed by atoms with Crippen LogP contribution in [0.25, 0.3) is 11.2 Å². The van der Waals surface area contributed by atoms with Gasteiger partial charge in [-0.25, -0.2) is 14.8 Å². The smallest absolute Gasteiger partial charge is 0.357 e. The maximum Gasteiger partial charge on any atom is 0.357 e. The Bertz CT molecular complexity index is 1280. The lowest BCUT2D eigenvalue weighted by Crippen LogP contribution is -2.15. The van der Waals surface area contributed by atoms with E-state index in [1.54, 1.807) is 30.1 Å². The Hall–Kier alpha value is -4.20. The van der Waals surface area contributed by atoms with E-state index in [0.29, 0.717) is 17.7 Å². The summed E-state index contributed by atoms with van der Waals surface area (Å²) in [4.78, 5) is 34.2. The number of imidazole rings is 1. The molecule has 0 saturated heterocycles. The van der Waals surface area contributed by atoms with Crippen molar-refractivity contribution in [1.82, 2.24) is 14.5 Å². The number of benzene rings is 2. The van der Waals surface area contributed by atoms with Crippen molar-refractivity contribution >= 4 is 22.9 Å². The Balaban J connectivity index is 1.79. The van der Waals surface area contributed by atoms with Crippen LogP contribution in [0.5, 0.6) is 11.5 Å². The lowest BCUT2D eigenvalue weighted by molar-refractivity contribution is 0.0591. The molecule has 0 amide bonds. The number of ether oxygens (including phenoxy) is 2. The molecule has 1 N–H and O–H groups in total. The number of ketones is 1. The first-order valence-electron chi connectivity index (χ1n) is 9.41. The summed E-state index contributed by atoms with van der Waals surface area (Å²) in [5.74, 6) is -0.735. The van der Waals surface area contributed by atoms with Gasteiger partial charge >= 0.3 is 5.97 Å². The highest BCUT2D eigenvalue weighted by Crippen LogP contribution is 2.25. The Morgan fingerprint density at radius 1 is 1.03 bits per heavy atom. The first kappa shape index (κ1) is 20.1. The number of aromatic hydroxyl groups is 1. The zero-order valence-electron chi connectivity index (χ0n) is 16.9. The van der Waals surface area contributed by atoms with Gasteiger partial charge in [0, 0.05) is 0 Å². The van der Waals surface area contributed by atoms with Crippen LogP contribution in [0, 0.1) is 0 Å². The topological polar surface area (TPSA) is 104 Å². The highest BCUT2D eigenvalue weighted by molar-refractivity contribution is 6.16. The molecule has 8 heteroatoms. The van der Waals surface area contributed by atoms with Gasteiger partial charge in [0.25, 0.3) is 0 Å². The van der Waals surface area contributed by atoms with Crippen molar-refractivity contribution in [3.8, 4) is 11.5 Å². The fourth-order valence-electron chi connectivity index (χ4n) is 3.27. The van der Waals surface area contributed by atoms with E-state index >= 15 is 0 Å². The molecular weight excluding hydrogens is 398 g/mol. The summed E-state index contributed by atoms with van der Waals surface area (Å²) in [6.45, 7) is 0.459. The SMILES string of the molecule is COC(=O)c1nc2c(cc1C(=O)c1ccccc1O)ncn2Cc1ccc(OC)cc1. The van der Waals surface area contributed by atoms with Crippen LogP contribution in [0.3, 0.4) is 0 Å². The van der Waals surface area contributed by atoms with E-state index in [4.69, 9.17) is 9.47 Å². The largest absolute Gasteiger partial charge is 0.507 e. The Morgan fingerprint density at radius 2 is 1.77 bits per heavy atom. The third-order valence-corrected chi connectivity index (χ3v) is 4.88. The molecule has 0 spiro atoms. The van der Waals surface area contributed by atoms with Crippen LogP contribution in [0.2, 0.25) is 0 Å². The molecule has 0 fully saturated rings. The molecule has 2 aromatic heterocycles. The van der Waals surface area contributed by atoms with Crippen molar-refractivity contribution in [3.05, 3.63) is 83.3 Å². The zero-order chi connectivity index (χ0) is 22.0. The molecule has 2 heterocycles. The van der Waals surface area contributed by atoms with Crippen LogP contribution in [0.15, 0.2) is 60.9 Å². The molecular formula is C23H19N3O5. The molecule has 0 aliphatic heterocycles. The number of esters is 1. The van der Waals surface area contributed by atoms with Crippen molar-refractivity contribution in [3.63, 3.8) is 0 Å². The number of aromatic nitrogens is 3. The minimum atomic E-state index is -0.752. The molecule has 0 bridgehead atoms. The molecule has 31 heavy (non-hydrogen) atoms. The molecule has 156 valence electrons. The van der Waals surface area contributed by atoms with Crippen LogP contribution >= 0.6 is 0 Å². The number of methoxy groups -OCH3 is 2. The second-order valence-electron chi connectivity index (χ2n) is 6.79. The summed E-state index contributed by atoms with van der Waals surface area (Å²) in [5.41, 5.74) is 1.79. The number of hydrogen-bond donors (Lipinski definition) is 1. The first-order valence-corrected chi connectivity index (χ1v) is 9.41. The number of pyridine rings is 1. The van der Waals surface area contributed by atoms with Gasteiger partial charge in [-0.3, -0.25) is 4.79 Å². The number of phenolic OH excluding ortho intramolecular Hbond substituents is 1. The van der Waals surface area contributed by atoms with Crippen LogP contribution in [0.4, 0.5) is 0 Å². The van der Waals surface area contributed by atoms with Gasteiger partial charge in [0.2, 0.25) is 0 Å². The number of nitrogens with zero attached hydrogens (tertiary/aromatic N) is 3. The van der Waals surface area contributed by atoms with Gasteiger partial charge < -0.3 is 19.1 Å². The van der Waals surface area contributed by atoms with E-state index in [-0.39, 0.29) is 22.6 Å². The standard InChI is InChI=1S/C23H19N3O5/c1-30-15-9-7-14(8-10-15)12-26-13-24-18-11-17(20(23(29)31-2)25-22(18)26)21(28)16-5-3-4-6-19(16)27/h3-11,13,27H,12H2,1-2H3. The quantitative estimate of drug-likeness (QED) is 0.379. The van der Waals surface area contributed by atoms with Crippen molar-refractivity contribution in [2.45, 2.75) is 6.54 Å². The van der Waals surface area contributed by atoms with Crippen molar-refractivity contribution < 1.29 is 24.2 Å². The molecule has 0 saturated carbocycles. The zero-order valence-corrected chi connectivity index (χ0v) is 16.9. The minimum absolute atomic E-state index is 0.00977. The van der Waals surface area contributed by atoms with E-state index in [1.165, 1.54) is 25.3 Å². The van der Waals surface area contributed by atoms with E-state index in [2.05, 4.69) is 9.97 Å². The highest BCUT2D eigenvalue weighted by Gasteiger charge is 2.25. The number of hydrogen-bond acceptors (Lipinski definition) is 7. The summed E-state index contributed by atoms with van der Waals surface area (Å²) < 4.78 is 11.8. The van der Waals surface area contributed by atoms with Crippen molar-refractivity contribution in [2.24, 2.45) is 0 Å². The van der Waals surface area contributed by atoms with Gasteiger partial charge in [-0.1, -0.05) is 24.3 Å². The molecule has 0 atom stereocenters. The van der Waals surface area contributed by atoms with Crippen molar-refractivity contribution in [1.29, 1.82) is 0 Å². The lowest BCUT2D eigenvalue weighted by atomic mass is 10.0. The van der Waals surface area contributed by atoms with Crippen molar-refractivity contribution in [2.75, 3.05) is 14.2 Å². The Labute approximate surface area is 177 Å². The third kappa shape index (κ3) is 3.83. The molecule has 4 rings (SSSR count). The maximum absolute atomic E-state index is 13.1. The van der Waals surface area contributed by atoms with Gasteiger partial charge in [-0.15, -0.1) is 0 Å². The summed E-state index contributed by atoms with van der Waals surface area (Å²) >= 11 is 0. The van der Waals surface area contributed by atoms with Gasteiger partial charge in [0.15, 0.2) is 17.1 Å². The molecule has 0 aliphatic carbocycles. The fourth-order valence-corrected chi connectivity index (χ4v) is 3.27. The van der Waals surface area contributed by atoms with Crippen LogP contribution < -0.4 is 4.74 Å². The van der Waals surface area contributed by atoms with E-state index in [1.807, 2.05) is 24.3 Å². The number of carbonyl (C=O) groups excluding carboxylic acids is 2. The number of carbonyl (C=O) groups is 2. The fraction of sp³-hybridized carbons (Fsp3) is 0.130. The normalized spacial score (nSPS) is 10.8. The molecule has 4 aromatic rings. The molecule has 0 unspecified atom stereocenters. The predicted octanol–water partition coefficient (Wildman–Crippen LogP) is 3.21. The van der Waals surface area contributed by atoms with E-state index < -0.39 is 11.8 Å². The second kappa shape index (κ2) is 8.27. The Morgan fingerprint density at radius 3 is 2.45 bits per heavy atom. The van der Waals surface area contributed by atoms with E-state index in [0.717, 1.165) is 11.3 Å². The average molecular weight is 417 g/mol. The van der Waals surface area contributed by atoms with Gasteiger partial charge in [-0.05, 0) is 35.9 Å². The number of phenols is 1. The first-order chi connectivity index (χ1) is 15.0.